The number of carbonyl (C=O) groups is 1. The van der Waals surface area contributed by atoms with Gasteiger partial charge in [-0.25, -0.2) is 4.79 Å². The van der Waals surface area contributed by atoms with Crippen LogP contribution in [-0.2, 0) is 4.79 Å². The average molecular weight is 265 g/mol. The van der Waals surface area contributed by atoms with Crippen molar-refractivity contribution in [1.29, 1.82) is 0 Å². The van der Waals surface area contributed by atoms with Gasteiger partial charge in [0.1, 0.15) is 6.04 Å². The molecule has 2 N–H and O–H groups in total. The third-order valence-corrected chi connectivity index (χ3v) is 3.24. The number of piperazine rings is 1. The van der Waals surface area contributed by atoms with E-state index in [-0.39, 0.29) is 5.69 Å². The summed E-state index contributed by atoms with van der Waals surface area (Å²) in [6, 6.07) is 3.82. The Morgan fingerprint density at radius 3 is 2.95 bits per heavy atom. The lowest BCUT2D eigenvalue weighted by molar-refractivity contribution is -0.384. The van der Waals surface area contributed by atoms with Gasteiger partial charge in [-0.05, 0) is 12.5 Å². The molecule has 2 rings (SSSR count). The Hall–Kier alpha value is -2.15. The zero-order valence-corrected chi connectivity index (χ0v) is 10.5. The number of aliphatic carboxylic acids is 1. The molecule has 0 bridgehead atoms. The van der Waals surface area contributed by atoms with Crippen LogP contribution in [0.3, 0.4) is 0 Å². The van der Waals surface area contributed by atoms with E-state index >= 15 is 0 Å². The molecule has 102 valence electrons. The summed E-state index contributed by atoms with van der Waals surface area (Å²) in [7, 11) is 0. The van der Waals surface area contributed by atoms with E-state index in [0.717, 1.165) is 5.56 Å². The summed E-state index contributed by atoms with van der Waals surface area (Å²) in [6.45, 7) is 3.32. The highest BCUT2D eigenvalue weighted by molar-refractivity contribution is 5.79. The Kier molecular flexibility index (Phi) is 3.66. The topological polar surface area (TPSA) is 95.7 Å². The highest BCUT2D eigenvalue weighted by Crippen LogP contribution is 2.27. The molecule has 1 aromatic rings. The largest absolute Gasteiger partial charge is 0.480 e. The van der Waals surface area contributed by atoms with Crippen molar-refractivity contribution >= 4 is 17.3 Å². The van der Waals surface area contributed by atoms with Gasteiger partial charge in [-0.15, -0.1) is 0 Å². The number of benzene rings is 1. The molecule has 19 heavy (non-hydrogen) atoms. The molecule has 1 aromatic carbocycles. The Labute approximate surface area is 110 Å². The van der Waals surface area contributed by atoms with Crippen molar-refractivity contribution in [2.75, 3.05) is 24.5 Å². The second-order valence-corrected chi connectivity index (χ2v) is 4.48. The van der Waals surface area contributed by atoms with Gasteiger partial charge >= 0.3 is 5.97 Å². The Bertz CT molecular complexity index is 518. The smallest absolute Gasteiger partial charge is 0.327 e. The summed E-state index contributed by atoms with van der Waals surface area (Å²) in [5, 5.41) is 23.1. The molecule has 1 aliphatic rings. The second kappa shape index (κ2) is 5.23. The summed E-state index contributed by atoms with van der Waals surface area (Å²) in [5.41, 5.74) is 1.42. The number of nitro groups is 1. The molecular formula is C12H15N3O4. The first-order chi connectivity index (χ1) is 9.00. The zero-order valence-electron chi connectivity index (χ0n) is 10.5. The molecule has 1 saturated heterocycles. The monoisotopic (exact) mass is 265 g/mol. The molecule has 0 spiro atoms. The van der Waals surface area contributed by atoms with Crippen molar-refractivity contribution in [2.24, 2.45) is 0 Å². The maximum atomic E-state index is 11.3. The molecule has 0 amide bonds. The lowest BCUT2D eigenvalue weighted by atomic mass is 10.1. The molecule has 1 heterocycles. The molecule has 0 saturated carbocycles. The third kappa shape index (κ3) is 2.65. The number of aryl methyl sites for hydroxylation is 1. The quantitative estimate of drug-likeness (QED) is 0.619. The van der Waals surface area contributed by atoms with Crippen molar-refractivity contribution < 1.29 is 14.8 Å². The lowest BCUT2D eigenvalue weighted by Crippen LogP contribution is -2.55. The third-order valence-electron chi connectivity index (χ3n) is 3.24. The van der Waals surface area contributed by atoms with E-state index < -0.39 is 16.9 Å². The van der Waals surface area contributed by atoms with Crippen molar-refractivity contribution in [2.45, 2.75) is 13.0 Å². The van der Waals surface area contributed by atoms with Gasteiger partial charge in [0, 0.05) is 37.5 Å². The fourth-order valence-electron chi connectivity index (χ4n) is 2.23. The molecule has 1 atom stereocenters. The predicted octanol–water partition coefficient (Wildman–Crippen LogP) is 0.766. The predicted molar refractivity (Wildman–Crippen MR) is 69.5 cm³/mol. The van der Waals surface area contributed by atoms with Gasteiger partial charge in [-0.2, -0.15) is 0 Å². The van der Waals surface area contributed by atoms with Gasteiger partial charge in [0.25, 0.3) is 5.69 Å². The van der Waals surface area contributed by atoms with E-state index in [4.69, 9.17) is 0 Å². The van der Waals surface area contributed by atoms with Crippen LogP contribution in [0.25, 0.3) is 0 Å². The first kappa shape index (κ1) is 13.3. The number of hydrogen-bond acceptors (Lipinski definition) is 5. The highest BCUT2D eigenvalue weighted by Gasteiger charge is 2.30. The number of anilines is 1. The van der Waals surface area contributed by atoms with Crippen molar-refractivity contribution in [3.63, 3.8) is 0 Å². The number of non-ortho nitro benzene ring substituents is 1. The molecule has 7 nitrogen and oxygen atoms in total. The first-order valence-electron chi connectivity index (χ1n) is 5.96. The summed E-state index contributed by atoms with van der Waals surface area (Å²) >= 11 is 0. The number of nitrogens with zero attached hydrogens (tertiary/aromatic N) is 2. The van der Waals surface area contributed by atoms with E-state index in [0.29, 0.717) is 25.3 Å². The minimum atomic E-state index is -0.932. The fraction of sp³-hybridized carbons (Fsp3) is 0.417. The summed E-state index contributed by atoms with van der Waals surface area (Å²) in [5.74, 6) is -0.932. The maximum Gasteiger partial charge on any atom is 0.327 e. The van der Waals surface area contributed by atoms with Gasteiger partial charge in [0.05, 0.1) is 4.92 Å². The van der Waals surface area contributed by atoms with Gasteiger partial charge < -0.3 is 15.3 Å². The molecule has 0 aromatic heterocycles. The normalized spacial score (nSPS) is 19.2. The van der Waals surface area contributed by atoms with Crippen LogP contribution in [0.4, 0.5) is 11.4 Å². The summed E-state index contributed by atoms with van der Waals surface area (Å²) in [6.07, 6.45) is 0. The molecule has 1 unspecified atom stereocenters. The van der Waals surface area contributed by atoms with Crippen LogP contribution in [0, 0.1) is 17.0 Å². The lowest BCUT2D eigenvalue weighted by Gasteiger charge is -2.36. The average Bonchev–Trinajstić information content (AvgIpc) is 2.39. The standard InChI is InChI=1S/C12H15N3O4/c1-8-2-3-9(15(18)19)6-10(8)14-5-4-13-7-11(14)12(16)17/h2-3,6,11,13H,4-5,7H2,1H3,(H,16,17). The molecule has 1 fully saturated rings. The van der Waals surface area contributed by atoms with Gasteiger partial charge in [0.2, 0.25) is 0 Å². The maximum absolute atomic E-state index is 11.3. The number of rotatable bonds is 3. The number of carboxylic acid groups (broad SMARTS) is 1. The van der Waals surface area contributed by atoms with Crippen LogP contribution < -0.4 is 10.2 Å². The zero-order chi connectivity index (χ0) is 14.0. The number of nitro benzene ring substituents is 1. The Morgan fingerprint density at radius 2 is 2.32 bits per heavy atom. The van der Waals surface area contributed by atoms with Crippen LogP contribution in [-0.4, -0.2) is 41.7 Å². The summed E-state index contributed by atoms with van der Waals surface area (Å²) < 4.78 is 0. The molecular weight excluding hydrogens is 250 g/mol. The van der Waals surface area contributed by atoms with Crippen molar-refractivity contribution in [1.82, 2.24) is 5.32 Å². The Morgan fingerprint density at radius 1 is 1.58 bits per heavy atom. The van der Waals surface area contributed by atoms with Crippen LogP contribution in [0.15, 0.2) is 18.2 Å². The molecule has 0 radical (unpaired) electrons. The molecule has 0 aliphatic carbocycles. The number of hydrogen-bond donors (Lipinski definition) is 2. The van der Waals surface area contributed by atoms with E-state index in [2.05, 4.69) is 5.32 Å². The van der Waals surface area contributed by atoms with E-state index in [1.807, 2.05) is 6.92 Å². The van der Waals surface area contributed by atoms with Crippen molar-refractivity contribution in [3.05, 3.63) is 33.9 Å². The SMILES string of the molecule is Cc1ccc([N+](=O)[O-])cc1N1CCNCC1C(=O)O. The fourth-order valence-corrected chi connectivity index (χ4v) is 2.23. The minimum Gasteiger partial charge on any atom is -0.480 e. The van der Waals surface area contributed by atoms with Crippen LogP contribution in [0.2, 0.25) is 0 Å². The Balaban J connectivity index is 2.40. The highest BCUT2D eigenvalue weighted by atomic mass is 16.6. The number of nitrogens with one attached hydrogen (secondary N) is 1. The molecule has 7 heteroatoms. The second-order valence-electron chi connectivity index (χ2n) is 4.48. The van der Waals surface area contributed by atoms with Crippen LogP contribution in [0.5, 0.6) is 0 Å². The van der Waals surface area contributed by atoms with Gasteiger partial charge in [-0.1, -0.05) is 6.07 Å². The molecule has 1 aliphatic heterocycles. The van der Waals surface area contributed by atoms with Crippen LogP contribution in [0.1, 0.15) is 5.56 Å². The first-order valence-corrected chi connectivity index (χ1v) is 5.96. The van der Waals surface area contributed by atoms with Gasteiger partial charge in [0.15, 0.2) is 0 Å². The van der Waals surface area contributed by atoms with Crippen LogP contribution >= 0.6 is 0 Å². The van der Waals surface area contributed by atoms with E-state index in [1.165, 1.54) is 12.1 Å². The van der Waals surface area contributed by atoms with Crippen molar-refractivity contribution in [3.8, 4) is 0 Å². The minimum absolute atomic E-state index is 0.0247. The van der Waals surface area contributed by atoms with E-state index in [1.54, 1.807) is 11.0 Å². The number of carboxylic acids is 1. The van der Waals surface area contributed by atoms with Gasteiger partial charge in [-0.3, -0.25) is 10.1 Å². The summed E-state index contributed by atoms with van der Waals surface area (Å²) in [4.78, 5) is 23.3. The van der Waals surface area contributed by atoms with E-state index in [9.17, 15) is 20.0 Å².